The van der Waals surface area contributed by atoms with E-state index in [2.05, 4.69) is 11.0 Å². The topological polar surface area (TPSA) is 65.7 Å². The van der Waals surface area contributed by atoms with Crippen molar-refractivity contribution in [2.24, 2.45) is 5.92 Å². The Kier molecular flexibility index (Phi) is 8.48. The summed E-state index contributed by atoms with van der Waals surface area (Å²) in [5, 5.41) is 19.2. The lowest BCUT2D eigenvalue weighted by molar-refractivity contribution is 0.0668. The second-order valence-electron chi connectivity index (χ2n) is 8.85. The number of allylic oxidation sites excluding steroid dienone is 1. The summed E-state index contributed by atoms with van der Waals surface area (Å²) in [6.45, 7) is 5.55. The minimum atomic E-state index is -0.184. The monoisotopic (exact) mass is 506 g/mol. The van der Waals surface area contributed by atoms with Crippen LogP contribution >= 0.6 is 11.6 Å². The molecule has 2 heterocycles. The third kappa shape index (κ3) is 6.37. The molecule has 1 saturated heterocycles. The molecule has 1 fully saturated rings. The molecule has 0 bridgehead atoms. The molecule has 3 aromatic carbocycles. The Bertz CT molecular complexity index is 1270. The van der Waals surface area contributed by atoms with Gasteiger partial charge in [-0.2, -0.15) is 5.26 Å². The number of para-hydroxylation sites is 1. The molecule has 0 aliphatic carbocycles. The van der Waals surface area contributed by atoms with E-state index in [0.717, 1.165) is 53.4 Å². The van der Waals surface area contributed by atoms with Gasteiger partial charge in [-0.05, 0) is 66.6 Å². The molecule has 1 N–H and O–H groups in total. The highest BCUT2D eigenvalue weighted by Gasteiger charge is 2.25. The molecule has 0 saturated carbocycles. The van der Waals surface area contributed by atoms with E-state index in [1.807, 2.05) is 43.3 Å². The molecule has 7 heteroatoms. The van der Waals surface area contributed by atoms with Crippen molar-refractivity contribution in [3.8, 4) is 23.3 Å². The number of phenols is 1. The number of likely N-dealkylation sites (tertiary alicyclic amines) is 1. The van der Waals surface area contributed by atoms with Crippen LogP contribution in [0, 0.1) is 17.2 Å². The number of hydrogen-bond donors (Lipinski definition) is 1. The van der Waals surface area contributed by atoms with Gasteiger partial charge in [-0.3, -0.25) is 9.29 Å². The van der Waals surface area contributed by atoms with Crippen LogP contribution in [-0.2, 0) is 0 Å². The van der Waals surface area contributed by atoms with Gasteiger partial charge in [0.1, 0.15) is 30.5 Å². The first-order valence-electron chi connectivity index (χ1n) is 11.8. The number of hydrogen-bond acceptors (Lipinski definition) is 5. The zero-order chi connectivity index (χ0) is 25.5. The molecule has 3 aromatic rings. The predicted octanol–water partition coefficient (Wildman–Crippen LogP) is 6.21. The summed E-state index contributed by atoms with van der Waals surface area (Å²) in [5.41, 5.74) is 4.21. The van der Waals surface area contributed by atoms with E-state index in [0.29, 0.717) is 23.8 Å². The smallest absolute Gasteiger partial charge is 0.127 e. The number of halogens is 2. The minimum Gasteiger partial charge on any atom is -0.508 e. The number of fused-ring (bicyclic) bond motifs is 1. The van der Waals surface area contributed by atoms with Crippen LogP contribution in [0.5, 0.6) is 17.2 Å². The molecule has 0 spiro atoms. The SMILES string of the molecule is CC1=C(c2cc(Cl)cc(C#N)c2)COc2ccc(O)cc21.FCC1CN(CCOc2ccccc2)C1. The molecular formula is C29H28ClFN2O3. The standard InChI is InChI=1S/C17H12ClNO2.C12H16FNO/c1-10-15-7-14(20)2-3-17(15)21-9-16(10)12-4-11(8-19)5-13(18)6-12;13-8-11-9-14(10-11)6-7-15-12-4-2-1-3-5-12/h2-7,20H,9H2,1H3;1-5,11H,6-10H2. The highest BCUT2D eigenvalue weighted by atomic mass is 35.5. The summed E-state index contributed by atoms with van der Waals surface area (Å²) >= 11 is 6.07. The van der Waals surface area contributed by atoms with Crippen LogP contribution in [-0.4, -0.2) is 49.5 Å². The van der Waals surface area contributed by atoms with Gasteiger partial charge in [0.15, 0.2) is 0 Å². The molecule has 0 atom stereocenters. The van der Waals surface area contributed by atoms with Crippen molar-refractivity contribution in [2.75, 3.05) is 39.5 Å². The molecule has 5 rings (SSSR count). The summed E-state index contributed by atoms with van der Waals surface area (Å²) in [7, 11) is 0. The molecule has 5 nitrogen and oxygen atoms in total. The van der Waals surface area contributed by atoms with E-state index in [9.17, 15) is 9.50 Å². The maximum atomic E-state index is 12.1. The summed E-state index contributed by atoms with van der Waals surface area (Å²) in [6.07, 6.45) is 0. The molecule has 0 radical (unpaired) electrons. The van der Waals surface area contributed by atoms with Crippen molar-refractivity contribution in [3.63, 3.8) is 0 Å². The highest BCUT2D eigenvalue weighted by Crippen LogP contribution is 2.39. The van der Waals surface area contributed by atoms with Gasteiger partial charge in [0.25, 0.3) is 0 Å². The Morgan fingerprint density at radius 3 is 2.64 bits per heavy atom. The van der Waals surface area contributed by atoms with Crippen LogP contribution in [0.15, 0.2) is 66.7 Å². The van der Waals surface area contributed by atoms with E-state index in [1.165, 1.54) is 0 Å². The minimum absolute atomic E-state index is 0.184. The van der Waals surface area contributed by atoms with Crippen molar-refractivity contribution in [1.82, 2.24) is 4.90 Å². The van der Waals surface area contributed by atoms with Crippen molar-refractivity contribution in [1.29, 1.82) is 5.26 Å². The quantitative estimate of drug-likeness (QED) is 0.430. The molecular weight excluding hydrogens is 479 g/mol. The van der Waals surface area contributed by atoms with Gasteiger partial charge < -0.3 is 14.6 Å². The average molecular weight is 507 g/mol. The molecule has 0 amide bonds. The van der Waals surface area contributed by atoms with Crippen LogP contribution in [0.4, 0.5) is 4.39 Å². The lowest BCUT2D eigenvalue weighted by atomic mass is 9.93. The number of nitriles is 1. The van der Waals surface area contributed by atoms with Gasteiger partial charge in [0, 0.05) is 41.7 Å². The number of nitrogens with zero attached hydrogens (tertiary/aromatic N) is 2. The van der Waals surface area contributed by atoms with Crippen LogP contribution < -0.4 is 9.47 Å². The second-order valence-corrected chi connectivity index (χ2v) is 9.29. The average Bonchev–Trinajstić information content (AvgIpc) is 2.86. The van der Waals surface area contributed by atoms with E-state index in [-0.39, 0.29) is 18.3 Å². The fourth-order valence-electron chi connectivity index (χ4n) is 4.25. The van der Waals surface area contributed by atoms with E-state index < -0.39 is 0 Å². The maximum Gasteiger partial charge on any atom is 0.127 e. The predicted molar refractivity (Wildman–Crippen MR) is 140 cm³/mol. The Labute approximate surface area is 216 Å². The summed E-state index contributed by atoms with van der Waals surface area (Å²) in [5.74, 6) is 2.11. The highest BCUT2D eigenvalue weighted by molar-refractivity contribution is 6.31. The zero-order valence-corrected chi connectivity index (χ0v) is 20.8. The van der Waals surface area contributed by atoms with Crippen molar-refractivity contribution in [2.45, 2.75) is 6.92 Å². The third-order valence-corrected chi connectivity index (χ3v) is 6.46. The lowest BCUT2D eigenvalue weighted by Gasteiger charge is -2.37. The van der Waals surface area contributed by atoms with Crippen molar-refractivity contribution < 1.29 is 19.0 Å². The number of benzene rings is 3. The van der Waals surface area contributed by atoms with E-state index >= 15 is 0 Å². The molecule has 2 aliphatic heterocycles. The first-order chi connectivity index (χ1) is 17.5. The van der Waals surface area contributed by atoms with Crippen molar-refractivity contribution >= 4 is 22.7 Å². The summed E-state index contributed by atoms with van der Waals surface area (Å²) in [6, 6.07) is 22.1. The first-order valence-corrected chi connectivity index (χ1v) is 12.2. The fourth-order valence-corrected chi connectivity index (χ4v) is 4.49. The van der Waals surface area contributed by atoms with Gasteiger partial charge in [-0.1, -0.05) is 29.8 Å². The number of aromatic hydroxyl groups is 1. The van der Waals surface area contributed by atoms with Gasteiger partial charge in [-0.15, -0.1) is 0 Å². The Hall–Kier alpha value is -3.53. The van der Waals surface area contributed by atoms with Crippen molar-refractivity contribution in [3.05, 3.63) is 88.4 Å². The number of ether oxygens (including phenoxy) is 2. The Morgan fingerprint density at radius 2 is 1.92 bits per heavy atom. The molecule has 36 heavy (non-hydrogen) atoms. The first kappa shape index (κ1) is 25.6. The zero-order valence-electron chi connectivity index (χ0n) is 20.1. The second kappa shape index (κ2) is 11.9. The van der Waals surface area contributed by atoms with Gasteiger partial charge in [0.2, 0.25) is 0 Å². The molecule has 186 valence electrons. The summed E-state index contributed by atoms with van der Waals surface area (Å²) in [4.78, 5) is 2.22. The molecule has 2 aliphatic rings. The molecule has 0 unspecified atom stereocenters. The largest absolute Gasteiger partial charge is 0.508 e. The lowest BCUT2D eigenvalue weighted by Crippen LogP contribution is -2.49. The number of rotatable bonds is 6. The van der Waals surface area contributed by atoms with Crippen LogP contribution in [0.25, 0.3) is 11.1 Å². The van der Waals surface area contributed by atoms with Gasteiger partial charge in [-0.25, -0.2) is 0 Å². The van der Waals surface area contributed by atoms with Crippen LogP contribution in [0.1, 0.15) is 23.6 Å². The molecule has 0 aromatic heterocycles. The number of alkyl halides is 1. The fraction of sp³-hybridized carbons (Fsp3) is 0.276. The third-order valence-electron chi connectivity index (χ3n) is 6.24. The maximum absolute atomic E-state index is 12.1. The van der Waals surface area contributed by atoms with E-state index in [4.69, 9.17) is 26.3 Å². The normalized spacial score (nSPS) is 15.1. The Balaban J connectivity index is 0.000000179. The van der Waals surface area contributed by atoms with Crippen LogP contribution in [0.2, 0.25) is 5.02 Å². The van der Waals surface area contributed by atoms with Crippen LogP contribution in [0.3, 0.4) is 0 Å². The van der Waals surface area contributed by atoms with Gasteiger partial charge >= 0.3 is 0 Å². The van der Waals surface area contributed by atoms with Gasteiger partial charge in [0.05, 0.1) is 18.3 Å². The van der Waals surface area contributed by atoms with E-state index in [1.54, 1.807) is 30.3 Å². The Morgan fingerprint density at radius 1 is 1.14 bits per heavy atom. The number of phenolic OH excluding ortho intramolecular Hbond substituents is 1. The summed E-state index contributed by atoms with van der Waals surface area (Å²) < 4.78 is 23.4.